The van der Waals surface area contributed by atoms with E-state index in [0.717, 1.165) is 96.5 Å². The molecule has 2 aromatic heterocycles. The highest BCUT2D eigenvalue weighted by atomic mass is 19.1. The Hall–Kier alpha value is -6.26. The molecular formula is C49H38FNO2. The number of benzene rings is 6. The number of aliphatic imine (C=N–C) groups is 1. The molecule has 1 aliphatic carbocycles. The van der Waals surface area contributed by atoms with E-state index in [-0.39, 0.29) is 5.82 Å². The normalized spacial score (nSPS) is 14.7. The second kappa shape index (κ2) is 13.7. The number of hydrogen-bond acceptors (Lipinski definition) is 3. The highest BCUT2D eigenvalue weighted by Gasteiger charge is 2.21. The summed E-state index contributed by atoms with van der Waals surface area (Å²) in [6, 6.07) is 45.0. The first-order chi connectivity index (χ1) is 26.0. The van der Waals surface area contributed by atoms with E-state index in [1.807, 2.05) is 42.5 Å². The molecule has 3 nitrogen and oxygen atoms in total. The molecule has 6 aromatic carbocycles. The van der Waals surface area contributed by atoms with Gasteiger partial charge in [0, 0.05) is 27.4 Å². The lowest BCUT2D eigenvalue weighted by Gasteiger charge is -2.14. The maximum Gasteiger partial charge on any atom is 0.135 e. The Morgan fingerprint density at radius 1 is 0.679 bits per heavy atom. The van der Waals surface area contributed by atoms with E-state index in [4.69, 9.17) is 13.8 Å². The van der Waals surface area contributed by atoms with Crippen molar-refractivity contribution in [2.24, 2.45) is 4.99 Å². The van der Waals surface area contributed by atoms with Gasteiger partial charge in [-0.1, -0.05) is 98.8 Å². The number of halogens is 1. The Bertz CT molecular complexity index is 2730. The number of furan rings is 2. The van der Waals surface area contributed by atoms with Crippen molar-refractivity contribution in [1.29, 1.82) is 0 Å². The van der Waals surface area contributed by atoms with Crippen molar-refractivity contribution in [2.45, 2.75) is 39.0 Å². The molecule has 9 rings (SSSR count). The monoisotopic (exact) mass is 691 g/mol. The second-order valence-corrected chi connectivity index (χ2v) is 13.9. The van der Waals surface area contributed by atoms with Gasteiger partial charge >= 0.3 is 0 Å². The number of nitrogens with zero attached hydrogens (tertiary/aromatic N) is 1. The summed E-state index contributed by atoms with van der Waals surface area (Å²) in [4.78, 5) is 5.20. The van der Waals surface area contributed by atoms with Gasteiger partial charge in [0.15, 0.2) is 0 Å². The van der Waals surface area contributed by atoms with Gasteiger partial charge in [0.05, 0.1) is 5.70 Å². The summed E-state index contributed by atoms with van der Waals surface area (Å²) < 4.78 is 26.6. The molecule has 2 heterocycles. The highest BCUT2D eigenvalue weighted by molar-refractivity contribution is 6.06. The van der Waals surface area contributed by atoms with Gasteiger partial charge in [-0.3, -0.25) is 4.99 Å². The number of para-hydroxylation sites is 1. The lowest BCUT2D eigenvalue weighted by molar-refractivity contribution is 0.586. The first kappa shape index (κ1) is 32.6. The van der Waals surface area contributed by atoms with Gasteiger partial charge in [-0.2, -0.15) is 0 Å². The minimum atomic E-state index is -0.267. The number of rotatable bonds is 8. The molecular weight excluding hydrogens is 654 g/mol. The molecule has 0 spiro atoms. The van der Waals surface area contributed by atoms with E-state index in [9.17, 15) is 4.39 Å². The van der Waals surface area contributed by atoms with Crippen LogP contribution in [0.25, 0.3) is 66.9 Å². The summed E-state index contributed by atoms with van der Waals surface area (Å²) in [5.74, 6) is 1.09. The average Bonchev–Trinajstić information content (AvgIpc) is 3.77. The number of fused-ring (bicyclic) bond motifs is 6. The molecule has 8 aromatic rings. The maximum atomic E-state index is 14.1. The van der Waals surface area contributed by atoms with Crippen molar-refractivity contribution in [2.75, 3.05) is 0 Å². The quantitative estimate of drug-likeness (QED) is 0.149. The van der Waals surface area contributed by atoms with Crippen LogP contribution in [0, 0.1) is 5.82 Å². The Morgan fingerprint density at radius 3 is 2.11 bits per heavy atom. The first-order valence-corrected chi connectivity index (χ1v) is 18.4. The van der Waals surface area contributed by atoms with Crippen molar-refractivity contribution in [3.05, 3.63) is 179 Å². The molecule has 0 amide bonds. The summed E-state index contributed by atoms with van der Waals surface area (Å²) in [7, 11) is 0. The Labute approximate surface area is 308 Å². The summed E-state index contributed by atoms with van der Waals surface area (Å²) in [5, 5.41) is 3.38. The molecule has 0 bridgehead atoms. The molecule has 1 aliphatic rings. The maximum absolute atomic E-state index is 14.1. The van der Waals surface area contributed by atoms with E-state index < -0.39 is 0 Å². The fraction of sp³-hybridized carbons (Fsp3) is 0.122. The van der Waals surface area contributed by atoms with Crippen LogP contribution in [0.4, 0.5) is 4.39 Å². The van der Waals surface area contributed by atoms with Crippen LogP contribution in [0.2, 0.25) is 0 Å². The van der Waals surface area contributed by atoms with Crippen molar-refractivity contribution < 1.29 is 13.2 Å². The third-order valence-electron chi connectivity index (χ3n) is 10.4. The molecule has 4 heteroatoms. The first-order valence-electron chi connectivity index (χ1n) is 18.4. The zero-order chi connectivity index (χ0) is 35.9. The Morgan fingerprint density at radius 2 is 1.36 bits per heavy atom. The van der Waals surface area contributed by atoms with Crippen molar-refractivity contribution in [3.8, 4) is 22.3 Å². The molecule has 258 valence electrons. The minimum absolute atomic E-state index is 0.267. The van der Waals surface area contributed by atoms with Gasteiger partial charge in [-0.15, -0.1) is 0 Å². The zero-order valence-electron chi connectivity index (χ0n) is 29.8. The van der Waals surface area contributed by atoms with Crippen LogP contribution in [0.3, 0.4) is 0 Å². The second-order valence-electron chi connectivity index (χ2n) is 13.9. The van der Waals surface area contributed by atoms with Gasteiger partial charge in [0.2, 0.25) is 0 Å². The molecule has 0 saturated carbocycles. The molecule has 1 unspecified atom stereocenters. The SMILES string of the molecule is CC/C(=N\C(=C/Cc1cc(-c2ccc3oc4c(c3c2)C(C)CC=C4)cc(-c2ccc3oc4ccccc4c3c2)c1)c1ccc(F)cc1)c1ccccc1. The lowest BCUT2D eigenvalue weighted by Crippen LogP contribution is -2.00. The van der Waals surface area contributed by atoms with E-state index in [1.165, 1.54) is 23.1 Å². The van der Waals surface area contributed by atoms with Crippen LogP contribution >= 0.6 is 0 Å². The van der Waals surface area contributed by atoms with E-state index in [2.05, 4.69) is 111 Å². The van der Waals surface area contributed by atoms with Crippen LogP contribution in [0.5, 0.6) is 0 Å². The fourth-order valence-corrected chi connectivity index (χ4v) is 7.68. The fourth-order valence-electron chi connectivity index (χ4n) is 7.68. The van der Waals surface area contributed by atoms with E-state index in [1.54, 1.807) is 0 Å². The number of hydrogen-bond donors (Lipinski definition) is 0. The van der Waals surface area contributed by atoms with Gasteiger partial charge in [0.1, 0.15) is 28.3 Å². The van der Waals surface area contributed by atoms with Crippen LogP contribution in [-0.2, 0) is 6.42 Å². The molecule has 1 atom stereocenters. The topological polar surface area (TPSA) is 38.6 Å². The summed E-state index contributed by atoms with van der Waals surface area (Å²) in [5.41, 5.74) is 13.4. The van der Waals surface area contributed by atoms with E-state index in [0.29, 0.717) is 12.3 Å². The predicted octanol–water partition coefficient (Wildman–Crippen LogP) is 13.8. The van der Waals surface area contributed by atoms with Crippen molar-refractivity contribution >= 4 is 50.4 Å². The summed E-state index contributed by atoms with van der Waals surface area (Å²) >= 11 is 0. The Balaban J connectivity index is 1.19. The van der Waals surface area contributed by atoms with Crippen LogP contribution < -0.4 is 0 Å². The molecule has 53 heavy (non-hydrogen) atoms. The van der Waals surface area contributed by atoms with Crippen LogP contribution in [0.15, 0.2) is 159 Å². The summed E-state index contributed by atoms with van der Waals surface area (Å²) in [6.45, 7) is 4.39. The molecule has 0 radical (unpaired) electrons. The predicted molar refractivity (Wildman–Crippen MR) is 218 cm³/mol. The van der Waals surface area contributed by atoms with Gasteiger partial charge in [0.25, 0.3) is 0 Å². The zero-order valence-corrected chi connectivity index (χ0v) is 29.8. The third kappa shape index (κ3) is 6.31. The van der Waals surface area contributed by atoms with Gasteiger partial charge < -0.3 is 8.83 Å². The molecule has 0 saturated heterocycles. The van der Waals surface area contributed by atoms with Gasteiger partial charge in [-0.25, -0.2) is 4.39 Å². The lowest BCUT2D eigenvalue weighted by atomic mass is 9.89. The smallest absolute Gasteiger partial charge is 0.135 e. The van der Waals surface area contributed by atoms with Crippen molar-refractivity contribution in [1.82, 2.24) is 0 Å². The number of allylic oxidation sites excluding steroid dienone is 2. The summed E-state index contributed by atoms with van der Waals surface area (Å²) in [6.07, 6.45) is 8.88. The minimum Gasteiger partial charge on any atom is -0.456 e. The highest BCUT2D eigenvalue weighted by Crippen LogP contribution is 2.40. The van der Waals surface area contributed by atoms with Gasteiger partial charge in [-0.05, 0) is 131 Å². The van der Waals surface area contributed by atoms with Crippen LogP contribution in [-0.4, -0.2) is 5.71 Å². The molecule has 0 fully saturated rings. The third-order valence-corrected chi connectivity index (χ3v) is 10.4. The molecule has 0 aliphatic heterocycles. The molecule has 0 N–H and O–H groups in total. The largest absolute Gasteiger partial charge is 0.456 e. The van der Waals surface area contributed by atoms with E-state index >= 15 is 0 Å². The van der Waals surface area contributed by atoms with Crippen molar-refractivity contribution in [3.63, 3.8) is 0 Å². The van der Waals surface area contributed by atoms with Crippen LogP contribution in [0.1, 0.15) is 60.6 Å². The standard InChI is InChI=1S/C49H38FNO2/c1-3-43(33-11-5-4-6-12-33)51-44(34-17-21-39(50)22-18-34)23-16-32-26-37(35-19-24-46-41(29-35)40-13-7-8-14-45(40)52-46)28-38(27-32)36-20-25-47-42(30-36)49-31(2)10-9-15-48(49)53-47/h4-9,11-15,17-31H,3,10,16H2,1-2H3/b44-23-,51-43+. The Kier molecular flexibility index (Phi) is 8.44. The average molecular weight is 692 g/mol.